The van der Waals surface area contributed by atoms with Crippen LogP contribution in [0.3, 0.4) is 0 Å². The zero-order valence-corrected chi connectivity index (χ0v) is 10.4. The van der Waals surface area contributed by atoms with Gasteiger partial charge in [-0.25, -0.2) is 4.98 Å². The Labute approximate surface area is 102 Å². The van der Waals surface area contributed by atoms with Gasteiger partial charge in [-0.15, -0.1) is 0 Å². The van der Waals surface area contributed by atoms with Gasteiger partial charge in [0.25, 0.3) is 0 Å². The fourth-order valence-electron chi connectivity index (χ4n) is 2.26. The number of nitriles is 1. The van der Waals surface area contributed by atoms with Gasteiger partial charge in [0.15, 0.2) is 0 Å². The zero-order valence-electron chi connectivity index (χ0n) is 10.4. The first-order valence-corrected chi connectivity index (χ1v) is 6.04. The zero-order chi connectivity index (χ0) is 12.3. The van der Waals surface area contributed by atoms with Crippen LogP contribution in [-0.4, -0.2) is 31.2 Å². The molecule has 4 nitrogen and oxygen atoms in total. The Hall–Kier alpha value is -1.60. The molecular formula is C13H18N4. The maximum atomic E-state index is 8.89. The molecule has 0 bridgehead atoms. The Morgan fingerprint density at radius 2 is 2.35 bits per heavy atom. The van der Waals surface area contributed by atoms with Crippen LogP contribution in [0, 0.1) is 18.3 Å². The summed E-state index contributed by atoms with van der Waals surface area (Å²) in [6.45, 7) is 3.94. The predicted molar refractivity (Wildman–Crippen MR) is 68.0 cm³/mol. The summed E-state index contributed by atoms with van der Waals surface area (Å²) in [5.74, 6) is 0.987. The lowest BCUT2D eigenvalue weighted by molar-refractivity contribution is 0.447. The normalized spacial score (nSPS) is 20.1. The van der Waals surface area contributed by atoms with Gasteiger partial charge in [-0.05, 0) is 38.9 Å². The highest BCUT2D eigenvalue weighted by molar-refractivity contribution is 5.45. The molecule has 1 atom stereocenters. The van der Waals surface area contributed by atoms with Crippen LogP contribution in [0.5, 0.6) is 0 Å². The third kappa shape index (κ3) is 2.56. The fraction of sp³-hybridized carbons (Fsp3) is 0.538. The van der Waals surface area contributed by atoms with Gasteiger partial charge in [0.1, 0.15) is 11.9 Å². The molecule has 2 rings (SSSR count). The number of nitrogens with zero attached hydrogens (tertiary/aromatic N) is 3. The van der Waals surface area contributed by atoms with Gasteiger partial charge in [0.05, 0.1) is 11.3 Å². The Morgan fingerprint density at radius 3 is 3.00 bits per heavy atom. The third-order valence-corrected chi connectivity index (χ3v) is 3.35. The summed E-state index contributed by atoms with van der Waals surface area (Å²) in [7, 11) is 2.01. The molecule has 1 fully saturated rings. The number of hydrogen-bond donors (Lipinski definition) is 1. The molecule has 1 N–H and O–H groups in total. The number of hydrogen-bond acceptors (Lipinski definition) is 4. The van der Waals surface area contributed by atoms with Gasteiger partial charge < -0.3 is 10.2 Å². The van der Waals surface area contributed by atoms with Crippen molar-refractivity contribution in [1.82, 2.24) is 10.3 Å². The highest BCUT2D eigenvalue weighted by atomic mass is 15.2. The fourth-order valence-corrected chi connectivity index (χ4v) is 2.26. The topological polar surface area (TPSA) is 52.0 Å². The van der Waals surface area contributed by atoms with Crippen molar-refractivity contribution >= 4 is 5.82 Å². The van der Waals surface area contributed by atoms with Gasteiger partial charge in [-0.2, -0.15) is 5.26 Å². The van der Waals surface area contributed by atoms with Crippen molar-refractivity contribution in [1.29, 1.82) is 5.26 Å². The molecule has 1 unspecified atom stereocenters. The van der Waals surface area contributed by atoms with Crippen molar-refractivity contribution in [2.45, 2.75) is 25.8 Å². The molecule has 0 aromatic carbocycles. The van der Waals surface area contributed by atoms with E-state index < -0.39 is 0 Å². The van der Waals surface area contributed by atoms with Crippen LogP contribution in [0.15, 0.2) is 12.1 Å². The van der Waals surface area contributed by atoms with Crippen molar-refractivity contribution in [2.24, 2.45) is 0 Å². The second-order valence-electron chi connectivity index (χ2n) is 4.49. The van der Waals surface area contributed by atoms with E-state index in [1.165, 1.54) is 12.8 Å². The number of rotatable bonds is 2. The van der Waals surface area contributed by atoms with E-state index in [1.807, 2.05) is 26.1 Å². The molecule has 17 heavy (non-hydrogen) atoms. The number of likely N-dealkylation sites (N-methyl/N-ethyl adjacent to an activating group) is 1. The van der Waals surface area contributed by atoms with Gasteiger partial charge in [-0.3, -0.25) is 0 Å². The molecule has 0 spiro atoms. The highest BCUT2D eigenvalue weighted by Gasteiger charge is 2.19. The minimum atomic E-state index is 0.543. The lowest BCUT2D eigenvalue weighted by atomic mass is 10.1. The van der Waals surface area contributed by atoms with Gasteiger partial charge >= 0.3 is 0 Å². The Bertz CT molecular complexity index is 436. The van der Waals surface area contributed by atoms with Crippen LogP contribution >= 0.6 is 0 Å². The van der Waals surface area contributed by atoms with E-state index in [1.54, 1.807) is 0 Å². The van der Waals surface area contributed by atoms with Crippen molar-refractivity contribution in [3.05, 3.63) is 23.4 Å². The number of nitrogens with one attached hydrogen (secondary N) is 1. The largest absolute Gasteiger partial charge is 0.355 e. The number of aryl methyl sites for hydroxylation is 1. The van der Waals surface area contributed by atoms with E-state index in [9.17, 15) is 0 Å². The molecule has 90 valence electrons. The summed E-state index contributed by atoms with van der Waals surface area (Å²) in [6.07, 6.45) is 2.41. The standard InChI is InChI=1S/C13H18N4/c1-10-11(8-14)5-6-13(16-10)17-7-3-4-12(9-17)15-2/h5-6,12,15H,3-4,7,9H2,1-2H3. The average Bonchev–Trinajstić information content (AvgIpc) is 2.38. The summed E-state index contributed by atoms with van der Waals surface area (Å²) in [4.78, 5) is 6.80. The molecule has 0 amide bonds. The summed E-state index contributed by atoms with van der Waals surface area (Å²) >= 11 is 0. The monoisotopic (exact) mass is 230 g/mol. The van der Waals surface area contributed by atoms with E-state index in [0.29, 0.717) is 11.6 Å². The minimum absolute atomic E-state index is 0.543. The second kappa shape index (κ2) is 5.15. The van der Waals surface area contributed by atoms with Crippen molar-refractivity contribution in [2.75, 3.05) is 25.0 Å². The van der Waals surface area contributed by atoms with Crippen LogP contribution in [0.25, 0.3) is 0 Å². The van der Waals surface area contributed by atoms with E-state index in [4.69, 9.17) is 5.26 Å². The maximum Gasteiger partial charge on any atom is 0.128 e. The number of pyridine rings is 1. The maximum absolute atomic E-state index is 8.89. The van der Waals surface area contributed by atoms with Crippen LogP contribution in [0.4, 0.5) is 5.82 Å². The number of aromatic nitrogens is 1. The van der Waals surface area contributed by atoms with E-state index in [-0.39, 0.29) is 0 Å². The quantitative estimate of drug-likeness (QED) is 0.835. The molecule has 0 saturated carbocycles. The first kappa shape index (κ1) is 11.9. The summed E-state index contributed by atoms with van der Waals surface area (Å²) in [5.41, 5.74) is 1.48. The van der Waals surface area contributed by atoms with Crippen LogP contribution in [0.1, 0.15) is 24.1 Å². The molecule has 0 aliphatic carbocycles. The van der Waals surface area contributed by atoms with Crippen LogP contribution in [0.2, 0.25) is 0 Å². The Morgan fingerprint density at radius 1 is 1.53 bits per heavy atom. The molecular weight excluding hydrogens is 212 g/mol. The Kier molecular flexibility index (Phi) is 3.60. The van der Waals surface area contributed by atoms with Crippen molar-refractivity contribution < 1.29 is 0 Å². The highest BCUT2D eigenvalue weighted by Crippen LogP contribution is 2.19. The molecule has 1 aliphatic heterocycles. The van der Waals surface area contributed by atoms with Crippen LogP contribution < -0.4 is 10.2 Å². The summed E-state index contributed by atoms with van der Waals surface area (Å²) in [6, 6.07) is 6.50. The predicted octanol–water partition coefficient (Wildman–Crippen LogP) is 1.45. The molecule has 1 aliphatic rings. The first-order valence-electron chi connectivity index (χ1n) is 6.04. The first-order chi connectivity index (χ1) is 8.24. The molecule has 0 radical (unpaired) electrons. The minimum Gasteiger partial charge on any atom is -0.355 e. The van der Waals surface area contributed by atoms with E-state index in [2.05, 4.69) is 21.3 Å². The number of anilines is 1. The van der Waals surface area contributed by atoms with Gasteiger partial charge in [0, 0.05) is 19.1 Å². The smallest absolute Gasteiger partial charge is 0.128 e. The molecule has 1 saturated heterocycles. The van der Waals surface area contributed by atoms with E-state index in [0.717, 1.165) is 24.6 Å². The van der Waals surface area contributed by atoms with Gasteiger partial charge in [0.2, 0.25) is 0 Å². The van der Waals surface area contributed by atoms with Crippen molar-refractivity contribution in [3.8, 4) is 6.07 Å². The molecule has 1 aromatic heterocycles. The van der Waals surface area contributed by atoms with Crippen LogP contribution in [-0.2, 0) is 0 Å². The summed E-state index contributed by atoms with van der Waals surface area (Å²) < 4.78 is 0. The average molecular weight is 230 g/mol. The lowest BCUT2D eigenvalue weighted by Gasteiger charge is -2.33. The second-order valence-corrected chi connectivity index (χ2v) is 4.49. The van der Waals surface area contributed by atoms with Gasteiger partial charge in [-0.1, -0.05) is 0 Å². The third-order valence-electron chi connectivity index (χ3n) is 3.35. The lowest BCUT2D eigenvalue weighted by Crippen LogP contribution is -2.44. The molecule has 4 heteroatoms. The van der Waals surface area contributed by atoms with E-state index >= 15 is 0 Å². The number of piperidine rings is 1. The molecule has 1 aromatic rings. The van der Waals surface area contributed by atoms with Crippen molar-refractivity contribution in [3.63, 3.8) is 0 Å². The molecule has 2 heterocycles. The summed E-state index contributed by atoms with van der Waals surface area (Å²) in [5, 5.41) is 12.2. The SMILES string of the molecule is CNC1CCCN(c2ccc(C#N)c(C)n2)C1. The Balaban J connectivity index is 2.17.